The highest BCUT2D eigenvalue weighted by Gasteiger charge is 2.56. The van der Waals surface area contributed by atoms with Gasteiger partial charge in [0.15, 0.2) is 0 Å². The van der Waals surface area contributed by atoms with Crippen molar-refractivity contribution < 1.29 is 18.8 Å². The van der Waals surface area contributed by atoms with E-state index in [2.05, 4.69) is 10.6 Å². The summed E-state index contributed by atoms with van der Waals surface area (Å²) in [7, 11) is 0. The summed E-state index contributed by atoms with van der Waals surface area (Å²) in [6, 6.07) is 2.57. The standard InChI is InChI=1S/C16H18ClFN4O3/c1-9(2)22-13(23)16(20-15(22)25)5-6-21(8-16)14(24)19-12-7-10(17)3-4-11(12)18/h3-4,7,9H,5-6,8H2,1-2H3,(H,19,24)(H,20,25). The van der Waals surface area contributed by atoms with Gasteiger partial charge in [-0.25, -0.2) is 14.0 Å². The van der Waals surface area contributed by atoms with Gasteiger partial charge in [0.1, 0.15) is 11.4 Å². The molecule has 0 bridgehead atoms. The third-order valence-electron chi connectivity index (χ3n) is 4.44. The van der Waals surface area contributed by atoms with Gasteiger partial charge in [0.05, 0.1) is 12.2 Å². The molecule has 1 aromatic carbocycles. The van der Waals surface area contributed by atoms with E-state index in [1.54, 1.807) is 13.8 Å². The van der Waals surface area contributed by atoms with Crippen molar-refractivity contribution in [1.82, 2.24) is 15.1 Å². The first kappa shape index (κ1) is 17.5. The molecular weight excluding hydrogens is 351 g/mol. The number of rotatable bonds is 2. The molecule has 3 rings (SSSR count). The number of nitrogens with zero attached hydrogens (tertiary/aromatic N) is 2. The molecule has 2 fully saturated rings. The molecule has 5 amide bonds. The molecule has 2 saturated heterocycles. The molecule has 2 heterocycles. The summed E-state index contributed by atoms with van der Waals surface area (Å²) in [6.45, 7) is 3.80. The number of imide groups is 1. The van der Waals surface area contributed by atoms with Crippen LogP contribution in [0.3, 0.4) is 0 Å². The number of amides is 5. The fourth-order valence-electron chi connectivity index (χ4n) is 3.16. The first-order valence-corrected chi connectivity index (χ1v) is 8.28. The number of carbonyl (C=O) groups excluding carboxylic acids is 3. The Morgan fingerprint density at radius 3 is 2.76 bits per heavy atom. The number of urea groups is 2. The minimum Gasteiger partial charge on any atom is -0.322 e. The largest absolute Gasteiger partial charge is 0.325 e. The Kier molecular flexibility index (Phi) is 4.32. The zero-order valence-corrected chi connectivity index (χ0v) is 14.6. The summed E-state index contributed by atoms with van der Waals surface area (Å²) >= 11 is 5.81. The molecule has 1 aromatic rings. The zero-order valence-electron chi connectivity index (χ0n) is 13.8. The Balaban J connectivity index is 1.73. The summed E-state index contributed by atoms with van der Waals surface area (Å²) in [6.07, 6.45) is 0.312. The maximum absolute atomic E-state index is 13.8. The number of benzene rings is 1. The lowest BCUT2D eigenvalue weighted by Gasteiger charge is -2.23. The highest BCUT2D eigenvalue weighted by Crippen LogP contribution is 2.30. The van der Waals surface area contributed by atoms with E-state index in [0.29, 0.717) is 11.4 Å². The molecule has 9 heteroatoms. The van der Waals surface area contributed by atoms with E-state index in [0.717, 1.165) is 11.0 Å². The van der Waals surface area contributed by atoms with Crippen LogP contribution < -0.4 is 10.6 Å². The van der Waals surface area contributed by atoms with Gasteiger partial charge >= 0.3 is 12.1 Å². The van der Waals surface area contributed by atoms with Crippen LogP contribution in [0.2, 0.25) is 5.02 Å². The van der Waals surface area contributed by atoms with Gasteiger partial charge in [-0.05, 0) is 38.5 Å². The van der Waals surface area contributed by atoms with Gasteiger partial charge in [0, 0.05) is 17.6 Å². The van der Waals surface area contributed by atoms with E-state index >= 15 is 0 Å². The predicted octanol–water partition coefficient (Wildman–Crippen LogP) is 2.42. The Morgan fingerprint density at radius 2 is 2.12 bits per heavy atom. The van der Waals surface area contributed by atoms with Crippen LogP contribution in [0.15, 0.2) is 18.2 Å². The van der Waals surface area contributed by atoms with Crippen molar-refractivity contribution in [3.8, 4) is 0 Å². The van der Waals surface area contributed by atoms with Crippen molar-refractivity contribution in [3.05, 3.63) is 29.0 Å². The van der Waals surface area contributed by atoms with E-state index in [-0.39, 0.29) is 30.7 Å². The predicted molar refractivity (Wildman–Crippen MR) is 89.9 cm³/mol. The average Bonchev–Trinajstić information content (AvgIpc) is 3.05. The number of carbonyl (C=O) groups is 3. The number of likely N-dealkylation sites (tertiary alicyclic amines) is 1. The lowest BCUT2D eigenvalue weighted by molar-refractivity contribution is -0.131. The Morgan fingerprint density at radius 1 is 1.40 bits per heavy atom. The molecule has 0 aliphatic carbocycles. The van der Waals surface area contributed by atoms with E-state index in [4.69, 9.17) is 11.6 Å². The highest BCUT2D eigenvalue weighted by molar-refractivity contribution is 6.30. The summed E-state index contributed by atoms with van der Waals surface area (Å²) in [5, 5.41) is 5.44. The number of anilines is 1. The summed E-state index contributed by atoms with van der Waals surface area (Å²) in [5.41, 5.74) is -1.14. The molecule has 1 atom stereocenters. The molecule has 7 nitrogen and oxygen atoms in total. The maximum Gasteiger partial charge on any atom is 0.325 e. The van der Waals surface area contributed by atoms with Gasteiger partial charge in [-0.3, -0.25) is 9.69 Å². The molecule has 25 heavy (non-hydrogen) atoms. The Hall–Kier alpha value is -2.35. The molecule has 0 radical (unpaired) electrons. The second kappa shape index (κ2) is 6.18. The second-order valence-electron chi connectivity index (χ2n) is 6.51. The smallest absolute Gasteiger partial charge is 0.322 e. The molecule has 2 aliphatic rings. The van der Waals surface area contributed by atoms with E-state index in [1.807, 2.05) is 0 Å². The van der Waals surface area contributed by atoms with Crippen LogP contribution in [-0.4, -0.2) is 52.4 Å². The SMILES string of the molecule is CC(C)N1C(=O)NC2(CCN(C(=O)Nc3cc(Cl)ccc3F)C2)C1=O. The van der Waals surface area contributed by atoms with Crippen LogP contribution in [0.5, 0.6) is 0 Å². The van der Waals surface area contributed by atoms with E-state index in [1.165, 1.54) is 17.0 Å². The molecule has 1 spiro atoms. The van der Waals surface area contributed by atoms with Crippen LogP contribution in [0.25, 0.3) is 0 Å². The third kappa shape index (κ3) is 3.02. The summed E-state index contributed by atoms with van der Waals surface area (Å²) in [5.74, 6) is -0.945. The van der Waals surface area contributed by atoms with Crippen LogP contribution in [-0.2, 0) is 4.79 Å². The van der Waals surface area contributed by atoms with Crippen molar-refractivity contribution in [3.63, 3.8) is 0 Å². The first-order valence-electron chi connectivity index (χ1n) is 7.90. The van der Waals surface area contributed by atoms with Crippen molar-refractivity contribution >= 4 is 35.3 Å². The zero-order chi connectivity index (χ0) is 18.4. The van der Waals surface area contributed by atoms with Gasteiger partial charge in [-0.15, -0.1) is 0 Å². The molecule has 0 saturated carbocycles. The maximum atomic E-state index is 13.8. The number of halogens is 2. The number of nitrogens with one attached hydrogen (secondary N) is 2. The van der Waals surface area contributed by atoms with Crippen LogP contribution >= 0.6 is 11.6 Å². The van der Waals surface area contributed by atoms with Crippen LogP contribution in [0.4, 0.5) is 19.7 Å². The number of hydrogen-bond acceptors (Lipinski definition) is 3. The van der Waals surface area contributed by atoms with Gasteiger partial charge in [-0.1, -0.05) is 11.6 Å². The second-order valence-corrected chi connectivity index (χ2v) is 6.94. The van der Waals surface area contributed by atoms with Gasteiger partial charge < -0.3 is 15.5 Å². The van der Waals surface area contributed by atoms with Gasteiger partial charge in [0.2, 0.25) is 0 Å². The van der Waals surface area contributed by atoms with Crippen molar-refractivity contribution in [2.24, 2.45) is 0 Å². The first-order chi connectivity index (χ1) is 11.7. The van der Waals surface area contributed by atoms with Crippen LogP contribution in [0, 0.1) is 5.82 Å². The minimum atomic E-state index is -1.11. The van der Waals surface area contributed by atoms with Crippen molar-refractivity contribution in [2.45, 2.75) is 31.8 Å². The molecule has 1 unspecified atom stereocenters. The monoisotopic (exact) mass is 368 g/mol. The lowest BCUT2D eigenvalue weighted by atomic mass is 9.99. The normalized spacial score (nSPS) is 22.9. The molecule has 2 aliphatic heterocycles. The minimum absolute atomic E-state index is 0.0365. The van der Waals surface area contributed by atoms with Crippen molar-refractivity contribution in [1.29, 1.82) is 0 Å². The summed E-state index contributed by atoms with van der Waals surface area (Å²) in [4.78, 5) is 39.6. The fourth-order valence-corrected chi connectivity index (χ4v) is 3.33. The average molecular weight is 369 g/mol. The molecule has 134 valence electrons. The quantitative estimate of drug-likeness (QED) is 0.786. The Bertz CT molecular complexity index is 757. The lowest BCUT2D eigenvalue weighted by Crippen LogP contribution is -2.50. The van der Waals surface area contributed by atoms with Gasteiger partial charge in [-0.2, -0.15) is 0 Å². The van der Waals surface area contributed by atoms with E-state index < -0.39 is 23.4 Å². The molecule has 2 N–H and O–H groups in total. The van der Waals surface area contributed by atoms with Crippen molar-refractivity contribution in [2.75, 3.05) is 18.4 Å². The number of hydrogen-bond donors (Lipinski definition) is 2. The molecular formula is C16H18ClFN4O3. The highest BCUT2D eigenvalue weighted by atomic mass is 35.5. The molecule has 0 aromatic heterocycles. The third-order valence-corrected chi connectivity index (χ3v) is 4.67. The fraction of sp³-hybridized carbons (Fsp3) is 0.438. The summed E-state index contributed by atoms with van der Waals surface area (Å²) < 4.78 is 13.8. The topological polar surface area (TPSA) is 81.8 Å². The van der Waals surface area contributed by atoms with Gasteiger partial charge in [0.25, 0.3) is 5.91 Å². The van der Waals surface area contributed by atoms with E-state index in [9.17, 15) is 18.8 Å². The Labute approximate surface area is 149 Å². The van der Waals surface area contributed by atoms with Crippen LogP contribution in [0.1, 0.15) is 20.3 Å².